The van der Waals surface area contributed by atoms with Crippen LogP contribution in [0.4, 0.5) is 31.4 Å². The van der Waals surface area contributed by atoms with Crippen molar-refractivity contribution >= 4 is 86.0 Å². The van der Waals surface area contributed by atoms with Crippen LogP contribution in [0.1, 0.15) is 113 Å². The molecule has 5 aliphatic rings. The van der Waals surface area contributed by atoms with Gasteiger partial charge in [0.1, 0.15) is 29.8 Å². The fraction of sp³-hybridized carbons (Fsp3) is 0.475. The number of carbonyl (C=O) groups excluding carboxylic acids is 6. The normalized spacial score (nSPS) is 18.4. The SMILES string of the molecule is COC(=O)N1c2ccc3c(nc(CCn4ccccc4=O)n3CC(=O)N(C)CC(=O)N(C)C)c2CCC1C.COC(=O)N1c2ccc3c(nc(CCn4ccccc4=O)n3[C@@H]3CCC[C@@H](C(C)=O)C3)c2CC[C@@H]1C.COC(=O)N1c2ccc3c(nc(Cn4ccccc4=O)n3CCN3CCOCC3)c2CC[C@@H]1C. The van der Waals surface area contributed by atoms with Gasteiger partial charge >= 0.3 is 18.3 Å². The van der Waals surface area contributed by atoms with Crippen LogP contribution in [-0.4, -0.2) is 193 Å². The van der Waals surface area contributed by atoms with Crippen molar-refractivity contribution in [3.63, 3.8) is 0 Å². The zero-order valence-electron chi connectivity index (χ0n) is 63.6. The van der Waals surface area contributed by atoms with E-state index in [9.17, 15) is 43.2 Å². The molecule has 14 rings (SSSR count). The van der Waals surface area contributed by atoms with Gasteiger partial charge in [-0.1, -0.05) is 24.6 Å². The number of amides is 5. The predicted octanol–water partition coefficient (Wildman–Crippen LogP) is 9.05. The molecule has 28 nitrogen and oxygen atoms in total. The number of nitrogens with zero attached hydrogens (tertiary/aromatic N) is 15. The summed E-state index contributed by atoms with van der Waals surface area (Å²) in [6, 6.07) is 27.5. The maximum Gasteiger partial charge on any atom is 0.414 e. The molecule has 28 heteroatoms. The van der Waals surface area contributed by atoms with Gasteiger partial charge < -0.3 is 56.1 Å². The number of hydrogen-bond acceptors (Lipinski definition) is 17. The van der Waals surface area contributed by atoms with Crippen LogP contribution in [-0.2, 0) is 98.2 Å². The van der Waals surface area contributed by atoms with E-state index in [1.165, 1.54) is 37.2 Å². The lowest BCUT2D eigenvalue weighted by Gasteiger charge is -2.34. The smallest absolute Gasteiger partial charge is 0.414 e. The molecule has 0 N–H and O–H groups in total. The topological polar surface area (TPSA) is 278 Å². The second-order valence-electron chi connectivity index (χ2n) is 28.9. The summed E-state index contributed by atoms with van der Waals surface area (Å²) in [5, 5.41) is 0. The Morgan fingerprint density at radius 1 is 0.509 bits per heavy atom. The Hall–Kier alpha value is -10.7. The van der Waals surface area contributed by atoms with E-state index in [1.807, 2.05) is 67.8 Å². The molecule has 108 heavy (non-hydrogen) atoms. The molecule has 1 unspecified atom stereocenters. The lowest BCUT2D eigenvalue weighted by Crippen LogP contribution is -2.42. The number of aromatic nitrogens is 9. The number of imidazole rings is 3. The number of rotatable bonds is 17. The third-order valence-electron chi connectivity index (χ3n) is 21.9. The number of ketones is 1. The summed E-state index contributed by atoms with van der Waals surface area (Å²) in [6.45, 7) is 14.0. The molecule has 9 aromatic rings. The second-order valence-corrected chi connectivity index (χ2v) is 28.9. The largest absolute Gasteiger partial charge is 0.452 e. The number of pyridine rings is 3. The zero-order valence-corrected chi connectivity index (χ0v) is 63.6. The van der Waals surface area contributed by atoms with E-state index in [2.05, 4.69) is 20.1 Å². The van der Waals surface area contributed by atoms with E-state index in [1.54, 1.807) is 111 Å². The first-order valence-corrected chi connectivity index (χ1v) is 37.4. The summed E-state index contributed by atoms with van der Waals surface area (Å²) in [6.07, 6.45) is 13.8. The standard InChI is InChI=1S/C28H34N4O4.C27H34N6O5.C25H31N5O4/c1-18-10-11-22-23(31(18)28(35)36-3)12-13-24-27(22)29-25(14-16-30-15-5-4-9-26(30)34)32(24)21-8-6-7-20(17-21)19(2)33;1-18-9-10-19-20(33(18)27(37)38-5)11-12-21-26(19)28-22(13-15-31-14-7-6-8-23(31)34)32(21)17-25(36)30(4)16-24(35)29(2)3;1-18-6-7-19-20(30(18)25(32)33-2)8-9-21-24(19)26-22(17-28-10-4-3-5-23(28)31)29(21)12-11-27-13-15-34-16-14-27/h4-5,9,12-13,15,18,20-21H,6-8,10-11,14,16-17H2,1-3H3;6-8,11-12,14,18H,9-10,13,15-17H2,1-5H3;3-5,8-10,18H,6-7,11-17H2,1-2H3/t18-,20+,21+;;18-/m0.0/s1. The minimum atomic E-state index is -0.428. The lowest BCUT2D eigenvalue weighted by atomic mass is 9.83. The summed E-state index contributed by atoms with van der Waals surface area (Å²) in [5.74, 6) is 2.32. The summed E-state index contributed by atoms with van der Waals surface area (Å²) in [7, 11) is 9.09. The maximum atomic E-state index is 13.2. The number of carbonyl (C=O) groups is 6. The van der Waals surface area contributed by atoms with E-state index in [0.717, 1.165) is 182 Å². The Balaban J connectivity index is 0.000000151. The number of benzene rings is 3. The molecule has 0 bridgehead atoms. The van der Waals surface area contributed by atoms with Crippen LogP contribution >= 0.6 is 0 Å². The number of likely N-dealkylation sites (N-methyl/N-ethyl adjacent to an activating group) is 2. The molecule has 2 fully saturated rings. The Morgan fingerprint density at radius 3 is 1.44 bits per heavy atom. The van der Waals surface area contributed by atoms with Crippen molar-refractivity contribution in [1.82, 2.24) is 57.1 Å². The highest BCUT2D eigenvalue weighted by Crippen LogP contribution is 2.43. The summed E-state index contributed by atoms with van der Waals surface area (Å²) in [4.78, 5) is 138. The lowest BCUT2D eigenvalue weighted by molar-refractivity contribution is -0.138. The van der Waals surface area contributed by atoms with Gasteiger partial charge in [0, 0.05) is 157 Å². The van der Waals surface area contributed by atoms with Gasteiger partial charge in [0.05, 0.1) is 97.8 Å². The quantitative estimate of drug-likeness (QED) is 0.0768. The number of ether oxygens (including phenoxy) is 4. The van der Waals surface area contributed by atoms with Crippen LogP contribution in [0.15, 0.2) is 124 Å². The Morgan fingerprint density at radius 2 is 0.963 bits per heavy atom. The third-order valence-corrected chi connectivity index (χ3v) is 21.9. The highest BCUT2D eigenvalue weighted by molar-refractivity contribution is 5.98. The fourth-order valence-corrected chi connectivity index (χ4v) is 15.8. The van der Waals surface area contributed by atoms with Gasteiger partial charge in [-0.15, -0.1) is 0 Å². The number of anilines is 3. The van der Waals surface area contributed by atoms with E-state index in [0.29, 0.717) is 38.3 Å². The molecule has 10 heterocycles. The number of fused-ring (bicyclic) bond motifs is 9. The number of morpholine rings is 1. The molecule has 572 valence electrons. The van der Waals surface area contributed by atoms with Gasteiger partial charge in [-0.2, -0.15) is 0 Å². The molecular weight excluding hydrogens is 1380 g/mol. The van der Waals surface area contributed by atoms with Crippen molar-refractivity contribution in [1.29, 1.82) is 0 Å². The van der Waals surface area contributed by atoms with Crippen LogP contribution in [0.2, 0.25) is 0 Å². The van der Waals surface area contributed by atoms with Crippen LogP contribution in [0.5, 0.6) is 0 Å². The van der Waals surface area contributed by atoms with E-state index in [-0.39, 0.29) is 89.6 Å². The summed E-state index contributed by atoms with van der Waals surface area (Å²) in [5.41, 5.74) is 10.7. The molecule has 1 saturated heterocycles. The molecule has 5 atom stereocenters. The predicted molar refractivity (Wildman–Crippen MR) is 411 cm³/mol. The maximum absolute atomic E-state index is 13.2. The van der Waals surface area contributed by atoms with Crippen molar-refractivity contribution in [2.45, 2.75) is 162 Å². The zero-order chi connectivity index (χ0) is 76.6. The summed E-state index contributed by atoms with van der Waals surface area (Å²) < 4.78 is 32.1. The first-order valence-electron chi connectivity index (χ1n) is 37.4. The van der Waals surface area contributed by atoms with Gasteiger partial charge in [0.2, 0.25) is 11.8 Å². The van der Waals surface area contributed by atoms with Gasteiger partial charge in [0.25, 0.3) is 16.7 Å². The second kappa shape index (κ2) is 34.0. The molecule has 6 aromatic heterocycles. The molecule has 5 amide bonds. The molecular formula is C80H99N15O13. The number of Topliss-reactive ketones (excluding diaryl/α,β-unsaturated/α-hetero) is 1. The van der Waals surface area contributed by atoms with Crippen molar-refractivity contribution < 1.29 is 47.7 Å². The molecule has 4 aliphatic heterocycles. The highest BCUT2D eigenvalue weighted by atomic mass is 16.6. The molecule has 0 spiro atoms. The van der Waals surface area contributed by atoms with Crippen LogP contribution in [0, 0.1) is 5.92 Å². The van der Waals surface area contributed by atoms with Gasteiger partial charge in [0.15, 0.2) is 0 Å². The van der Waals surface area contributed by atoms with Gasteiger partial charge in [-0.05, 0) is 140 Å². The summed E-state index contributed by atoms with van der Waals surface area (Å²) >= 11 is 0. The fourth-order valence-electron chi connectivity index (χ4n) is 15.8. The van der Waals surface area contributed by atoms with Crippen molar-refractivity contribution in [3.8, 4) is 0 Å². The number of methoxy groups -OCH3 is 3. The van der Waals surface area contributed by atoms with E-state index >= 15 is 0 Å². The average Bonchev–Trinajstić information content (AvgIpc) is 1.56. The average molecular weight is 1480 g/mol. The Bertz CT molecular complexity index is 5000. The monoisotopic (exact) mass is 1480 g/mol. The molecule has 1 aliphatic carbocycles. The number of aryl methyl sites for hydroxylation is 7. The van der Waals surface area contributed by atoms with E-state index < -0.39 is 6.09 Å². The van der Waals surface area contributed by atoms with Crippen LogP contribution < -0.4 is 31.4 Å². The molecule has 0 radical (unpaired) electrons. The highest BCUT2D eigenvalue weighted by Gasteiger charge is 2.37. The van der Waals surface area contributed by atoms with Gasteiger partial charge in [-0.3, -0.25) is 48.4 Å². The van der Waals surface area contributed by atoms with Crippen molar-refractivity contribution in [2.24, 2.45) is 5.92 Å². The van der Waals surface area contributed by atoms with E-state index in [4.69, 9.17) is 33.9 Å². The van der Waals surface area contributed by atoms with Crippen LogP contribution in [0.25, 0.3) is 33.1 Å². The minimum absolute atomic E-state index is 0.0113. The Kier molecular flexibility index (Phi) is 24.2. The van der Waals surface area contributed by atoms with Gasteiger partial charge in [-0.25, -0.2) is 29.3 Å². The van der Waals surface area contributed by atoms with Crippen LogP contribution in [0.3, 0.4) is 0 Å². The Labute approximate surface area is 626 Å². The molecule has 1 saturated carbocycles. The first kappa shape index (κ1) is 76.9. The molecule has 3 aromatic carbocycles. The first-order chi connectivity index (χ1) is 52.1. The van der Waals surface area contributed by atoms with Crippen molar-refractivity contribution in [2.75, 3.05) is 96.6 Å². The third kappa shape index (κ3) is 16.4. The minimum Gasteiger partial charge on any atom is -0.452 e. The van der Waals surface area contributed by atoms with Crippen molar-refractivity contribution in [3.05, 3.63) is 175 Å². The number of hydrogen-bond donors (Lipinski definition) is 0.